The Bertz CT molecular complexity index is 564. The molecule has 0 bridgehead atoms. The van der Waals surface area contributed by atoms with Crippen LogP contribution in [0.1, 0.15) is 11.1 Å². The van der Waals surface area contributed by atoms with Crippen molar-refractivity contribution in [2.75, 3.05) is 0 Å². The lowest BCUT2D eigenvalue weighted by Crippen LogP contribution is -1.83. The predicted octanol–water partition coefficient (Wildman–Crippen LogP) is 4.23. The van der Waals surface area contributed by atoms with E-state index in [4.69, 9.17) is 0 Å². The molecule has 0 saturated carbocycles. The van der Waals surface area contributed by atoms with Crippen LogP contribution in [0, 0.1) is 10.1 Å². The van der Waals surface area contributed by atoms with Crippen molar-refractivity contribution in [1.82, 2.24) is 0 Å². The van der Waals surface area contributed by atoms with E-state index in [2.05, 4.69) is 12.1 Å². The molecule has 0 saturated heterocycles. The smallest absolute Gasteiger partial charge is 0.235 e. The van der Waals surface area contributed by atoms with E-state index < -0.39 is 4.92 Å². The van der Waals surface area contributed by atoms with Gasteiger partial charge in [0, 0.05) is 16.7 Å². The SMILES string of the molecule is O=[N+]([O-])C=Cc1ccc(SCc2ccccc2)cc1. The summed E-state index contributed by atoms with van der Waals surface area (Å²) in [5, 5.41) is 10.2. The Balaban J connectivity index is 1.94. The summed E-state index contributed by atoms with van der Waals surface area (Å²) in [5.41, 5.74) is 2.12. The molecule has 2 aromatic rings. The maximum Gasteiger partial charge on any atom is 0.235 e. The molecule has 0 atom stereocenters. The topological polar surface area (TPSA) is 43.1 Å². The van der Waals surface area contributed by atoms with E-state index >= 15 is 0 Å². The van der Waals surface area contributed by atoms with Crippen LogP contribution in [0.2, 0.25) is 0 Å². The van der Waals surface area contributed by atoms with Crippen molar-refractivity contribution in [2.45, 2.75) is 10.6 Å². The van der Waals surface area contributed by atoms with Gasteiger partial charge in [-0.3, -0.25) is 10.1 Å². The summed E-state index contributed by atoms with van der Waals surface area (Å²) in [4.78, 5) is 10.9. The summed E-state index contributed by atoms with van der Waals surface area (Å²) in [6, 6.07) is 18.0. The van der Waals surface area contributed by atoms with E-state index in [1.807, 2.05) is 42.5 Å². The first-order chi connectivity index (χ1) is 9.24. The molecular weight excluding hydrogens is 258 g/mol. The summed E-state index contributed by atoms with van der Waals surface area (Å²) >= 11 is 1.75. The molecule has 0 aliphatic heterocycles. The van der Waals surface area contributed by atoms with Crippen LogP contribution in [-0.2, 0) is 5.75 Å². The van der Waals surface area contributed by atoms with Crippen molar-refractivity contribution >= 4 is 17.8 Å². The molecule has 96 valence electrons. The van der Waals surface area contributed by atoms with Crippen LogP contribution in [-0.4, -0.2) is 4.92 Å². The number of nitro groups is 1. The molecule has 19 heavy (non-hydrogen) atoms. The minimum absolute atomic E-state index is 0.460. The maximum absolute atomic E-state index is 10.2. The predicted molar refractivity (Wildman–Crippen MR) is 78.5 cm³/mol. The van der Waals surface area contributed by atoms with Crippen molar-refractivity contribution < 1.29 is 4.92 Å². The van der Waals surface area contributed by atoms with Crippen LogP contribution >= 0.6 is 11.8 Å². The molecule has 0 amide bonds. The minimum Gasteiger partial charge on any atom is -0.259 e. The maximum atomic E-state index is 10.2. The highest BCUT2D eigenvalue weighted by Crippen LogP contribution is 2.23. The molecule has 0 unspecified atom stereocenters. The Labute approximate surface area is 116 Å². The third-order valence-corrected chi connectivity index (χ3v) is 3.60. The molecule has 0 radical (unpaired) electrons. The van der Waals surface area contributed by atoms with E-state index in [0.717, 1.165) is 22.4 Å². The van der Waals surface area contributed by atoms with E-state index in [1.165, 1.54) is 11.6 Å². The fourth-order valence-corrected chi connectivity index (χ4v) is 2.42. The van der Waals surface area contributed by atoms with E-state index in [1.54, 1.807) is 11.8 Å². The lowest BCUT2D eigenvalue weighted by molar-refractivity contribution is -0.400. The molecule has 4 heteroatoms. The van der Waals surface area contributed by atoms with Gasteiger partial charge >= 0.3 is 0 Å². The van der Waals surface area contributed by atoms with Crippen LogP contribution in [0.3, 0.4) is 0 Å². The normalized spacial score (nSPS) is 10.7. The number of nitrogens with zero attached hydrogens (tertiary/aromatic N) is 1. The molecular formula is C15H13NO2S. The summed E-state index contributed by atoms with van der Waals surface area (Å²) < 4.78 is 0. The molecule has 2 aromatic carbocycles. The zero-order chi connectivity index (χ0) is 13.5. The van der Waals surface area contributed by atoms with Gasteiger partial charge in [-0.05, 0) is 23.3 Å². The van der Waals surface area contributed by atoms with Crippen LogP contribution in [0.5, 0.6) is 0 Å². The molecule has 3 nitrogen and oxygen atoms in total. The molecule has 0 aliphatic carbocycles. The highest BCUT2D eigenvalue weighted by molar-refractivity contribution is 7.98. The van der Waals surface area contributed by atoms with Gasteiger partial charge in [-0.25, -0.2) is 0 Å². The highest BCUT2D eigenvalue weighted by atomic mass is 32.2. The Morgan fingerprint density at radius 2 is 1.74 bits per heavy atom. The van der Waals surface area contributed by atoms with Gasteiger partial charge in [0.05, 0.1) is 4.92 Å². The third kappa shape index (κ3) is 4.60. The summed E-state index contributed by atoms with van der Waals surface area (Å²) in [7, 11) is 0. The van der Waals surface area contributed by atoms with Gasteiger partial charge in [-0.2, -0.15) is 0 Å². The Morgan fingerprint density at radius 1 is 1.05 bits per heavy atom. The summed E-state index contributed by atoms with van der Waals surface area (Å²) in [6.07, 6.45) is 2.44. The number of hydrogen-bond acceptors (Lipinski definition) is 3. The van der Waals surface area contributed by atoms with Crippen molar-refractivity contribution in [3.63, 3.8) is 0 Å². The minimum atomic E-state index is -0.460. The van der Waals surface area contributed by atoms with Gasteiger partial charge in [-0.15, -0.1) is 11.8 Å². The Kier molecular flexibility index (Phi) is 4.75. The van der Waals surface area contributed by atoms with E-state index in [-0.39, 0.29) is 0 Å². The lowest BCUT2D eigenvalue weighted by atomic mass is 10.2. The lowest BCUT2D eigenvalue weighted by Gasteiger charge is -2.02. The Morgan fingerprint density at radius 3 is 2.37 bits per heavy atom. The van der Waals surface area contributed by atoms with Crippen molar-refractivity contribution in [3.8, 4) is 0 Å². The molecule has 2 rings (SSSR count). The van der Waals surface area contributed by atoms with Crippen molar-refractivity contribution in [1.29, 1.82) is 0 Å². The average Bonchev–Trinajstić information content (AvgIpc) is 2.45. The molecule has 0 spiro atoms. The molecule has 0 aliphatic rings. The molecule has 0 aromatic heterocycles. The molecule has 0 N–H and O–H groups in total. The second-order valence-corrected chi connectivity index (χ2v) is 4.99. The van der Waals surface area contributed by atoms with Gasteiger partial charge in [0.25, 0.3) is 0 Å². The zero-order valence-corrected chi connectivity index (χ0v) is 11.0. The van der Waals surface area contributed by atoms with E-state index in [0.29, 0.717) is 0 Å². The number of rotatable bonds is 5. The first kappa shape index (κ1) is 13.4. The monoisotopic (exact) mass is 271 g/mol. The largest absolute Gasteiger partial charge is 0.259 e. The number of hydrogen-bond donors (Lipinski definition) is 0. The second-order valence-electron chi connectivity index (χ2n) is 3.94. The summed E-state index contributed by atoms with van der Waals surface area (Å²) in [5.74, 6) is 0.922. The van der Waals surface area contributed by atoms with Crippen LogP contribution in [0.25, 0.3) is 6.08 Å². The number of thioether (sulfide) groups is 1. The van der Waals surface area contributed by atoms with Crippen LogP contribution in [0.4, 0.5) is 0 Å². The van der Waals surface area contributed by atoms with E-state index in [9.17, 15) is 10.1 Å². The molecule has 0 heterocycles. The third-order valence-electron chi connectivity index (χ3n) is 2.52. The van der Waals surface area contributed by atoms with Crippen molar-refractivity contribution in [3.05, 3.63) is 82.0 Å². The molecule has 0 fully saturated rings. The van der Waals surface area contributed by atoms with Gasteiger partial charge in [-0.1, -0.05) is 42.5 Å². The average molecular weight is 271 g/mol. The fourth-order valence-electron chi connectivity index (χ4n) is 1.56. The summed E-state index contributed by atoms with van der Waals surface area (Å²) in [6.45, 7) is 0. The van der Waals surface area contributed by atoms with Gasteiger partial charge in [0.2, 0.25) is 6.20 Å². The van der Waals surface area contributed by atoms with Gasteiger partial charge in [0.15, 0.2) is 0 Å². The first-order valence-electron chi connectivity index (χ1n) is 5.82. The van der Waals surface area contributed by atoms with Crippen LogP contribution in [0.15, 0.2) is 65.7 Å². The van der Waals surface area contributed by atoms with Gasteiger partial charge in [0.1, 0.15) is 0 Å². The first-order valence-corrected chi connectivity index (χ1v) is 6.81. The van der Waals surface area contributed by atoms with Crippen molar-refractivity contribution in [2.24, 2.45) is 0 Å². The fraction of sp³-hybridized carbons (Fsp3) is 0.0667. The Hall–Kier alpha value is -2.07. The van der Waals surface area contributed by atoms with Crippen LogP contribution < -0.4 is 0 Å². The quantitative estimate of drug-likeness (QED) is 0.464. The highest BCUT2D eigenvalue weighted by Gasteiger charge is 1.96. The standard InChI is InChI=1S/C15H13NO2S/c17-16(18)11-10-13-6-8-15(9-7-13)19-12-14-4-2-1-3-5-14/h1-11H,12H2. The number of benzene rings is 2. The van der Waals surface area contributed by atoms with Gasteiger partial charge < -0.3 is 0 Å². The zero-order valence-electron chi connectivity index (χ0n) is 10.2. The second kappa shape index (κ2) is 6.75.